The number of para-hydroxylation sites is 1. The maximum atomic E-state index is 4.06. The van der Waals surface area contributed by atoms with Crippen molar-refractivity contribution in [2.45, 2.75) is 6.92 Å². The molecule has 0 unspecified atom stereocenters. The predicted molar refractivity (Wildman–Crippen MR) is 117 cm³/mol. The molecule has 0 saturated heterocycles. The van der Waals surface area contributed by atoms with Gasteiger partial charge < -0.3 is 8.96 Å². The molecule has 0 fully saturated rings. The summed E-state index contributed by atoms with van der Waals surface area (Å²) in [6, 6.07) is 8.49. The molecule has 3 rings (SSSR count). The van der Waals surface area contributed by atoms with Crippen LogP contribution in [-0.4, -0.2) is 24.9 Å². The Labute approximate surface area is 150 Å². The molecule has 122 valence electrons. The summed E-state index contributed by atoms with van der Waals surface area (Å²) in [5, 5.41) is 3.53. The Morgan fingerprint density at radius 3 is 2.24 bits per heavy atom. The summed E-state index contributed by atoms with van der Waals surface area (Å²) >= 11 is 0. The van der Waals surface area contributed by atoms with Crippen LogP contribution in [0.25, 0.3) is 40.3 Å². The van der Waals surface area contributed by atoms with E-state index in [1.165, 1.54) is 27.7 Å². The summed E-state index contributed by atoms with van der Waals surface area (Å²) in [7, 11) is 4.18. The van der Waals surface area contributed by atoms with Crippen LogP contribution in [0.3, 0.4) is 0 Å². The first-order valence-electron chi connectivity index (χ1n) is 8.37. The standard InChI is InChI=1S/C21H22B2N2/c1-5-10-15-18(11-6-2)24(22)14(4)20(15)21-16-12-8-9-13-19(16)25(23)17(21)7-3/h5-13H,1-3,22-23H2,4H3/b15-10+,18-11+. The molecular formula is C21H22B2N2. The van der Waals surface area contributed by atoms with Gasteiger partial charge in [-0.2, -0.15) is 0 Å². The fourth-order valence-electron chi connectivity index (χ4n) is 3.68. The Balaban J connectivity index is 2.62. The van der Waals surface area contributed by atoms with Gasteiger partial charge in [-0.25, -0.2) is 0 Å². The van der Waals surface area contributed by atoms with Crippen LogP contribution in [0.5, 0.6) is 0 Å². The largest absolute Gasteiger partial charge is 0.396 e. The zero-order valence-corrected chi connectivity index (χ0v) is 15.2. The monoisotopic (exact) mass is 324 g/mol. The van der Waals surface area contributed by atoms with Crippen LogP contribution >= 0.6 is 0 Å². The van der Waals surface area contributed by atoms with E-state index in [-0.39, 0.29) is 0 Å². The molecule has 2 heterocycles. The van der Waals surface area contributed by atoms with Crippen LogP contribution in [0.4, 0.5) is 0 Å². The second-order valence-corrected chi connectivity index (χ2v) is 6.16. The molecule has 0 aliphatic rings. The van der Waals surface area contributed by atoms with Crippen molar-refractivity contribution in [2.75, 3.05) is 0 Å². The molecule has 0 aliphatic heterocycles. The third-order valence-corrected chi connectivity index (χ3v) is 4.93. The lowest BCUT2D eigenvalue weighted by atomic mass is 9.99. The molecule has 0 aliphatic carbocycles. The molecule has 0 saturated carbocycles. The van der Waals surface area contributed by atoms with Gasteiger partial charge in [0.25, 0.3) is 0 Å². The first-order valence-corrected chi connectivity index (χ1v) is 8.37. The van der Waals surface area contributed by atoms with E-state index in [1.54, 1.807) is 0 Å². The topological polar surface area (TPSA) is 9.86 Å². The van der Waals surface area contributed by atoms with Crippen LogP contribution in [0, 0.1) is 6.92 Å². The van der Waals surface area contributed by atoms with Crippen LogP contribution in [0.2, 0.25) is 0 Å². The van der Waals surface area contributed by atoms with Crippen LogP contribution in [0.1, 0.15) is 11.4 Å². The lowest BCUT2D eigenvalue weighted by molar-refractivity contribution is 1.11. The van der Waals surface area contributed by atoms with E-state index < -0.39 is 0 Å². The van der Waals surface area contributed by atoms with Crippen molar-refractivity contribution >= 4 is 45.1 Å². The molecule has 0 atom stereocenters. The van der Waals surface area contributed by atoms with Gasteiger partial charge in [-0.3, -0.25) is 0 Å². The van der Waals surface area contributed by atoms with E-state index in [9.17, 15) is 0 Å². The molecule has 25 heavy (non-hydrogen) atoms. The smallest absolute Gasteiger partial charge is 0.223 e. The number of fused-ring (bicyclic) bond motifs is 1. The Kier molecular flexibility index (Phi) is 4.45. The van der Waals surface area contributed by atoms with Gasteiger partial charge in [0.2, 0.25) is 16.0 Å². The molecule has 0 bridgehead atoms. The molecule has 2 aromatic heterocycles. The summed E-state index contributed by atoms with van der Waals surface area (Å²) in [4.78, 5) is 0. The minimum atomic E-state index is 1.12. The van der Waals surface area contributed by atoms with Gasteiger partial charge in [-0.05, 0) is 25.1 Å². The Bertz CT molecular complexity index is 1130. The molecule has 0 radical (unpaired) electrons. The number of aromatic nitrogens is 2. The zero-order valence-electron chi connectivity index (χ0n) is 15.2. The average molecular weight is 324 g/mol. The number of hydrogen-bond donors (Lipinski definition) is 0. The maximum absolute atomic E-state index is 4.06. The van der Waals surface area contributed by atoms with Crippen molar-refractivity contribution < 1.29 is 0 Å². The molecular weight excluding hydrogens is 302 g/mol. The van der Waals surface area contributed by atoms with Crippen molar-refractivity contribution in [1.29, 1.82) is 0 Å². The van der Waals surface area contributed by atoms with Crippen molar-refractivity contribution in [3.8, 4) is 11.1 Å². The summed E-state index contributed by atoms with van der Waals surface area (Å²) < 4.78 is 4.42. The summed E-state index contributed by atoms with van der Waals surface area (Å²) in [6.07, 6.45) is 9.74. The minimum absolute atomic E-state index is 1.12. The predicted octanol–water partition coefficient (Wildman–Crippen LogP) is 1.79. The fraction of sp³-hybridized carbons (Fsp3) is 0.0476. The lowest BCUT2D eigenvalue weighted by Crippen LogP contribution is -2.29. The summed E-state index contributed by atoms with van der Waals surface area (Å²) in [6.45, 7) is 14.0. The van der Waals surface area contributed by atoms with Gasteiger partial charge >= 0.3 is 0 Å². The molecule has 4 heteroatoms. The minimum Gasteiger partial charge on any atom is -0.396 e. The van der Waals surface area contributed by atoms with Crippen molar-refractivity contribution in [3.63, 3.8) is 0 Å². The third-order valence-electron chi connectivity index (χ3n) is 4.93. The summed E-state index contributed by atoms with van der Waals surface area (Å²) in [5.74, 6) is 0. The van der Waals surface area contributed by atoms with Gasteiger partial charge in [-0.15, -0.1) is 0 Å². The summed E-state index contributed by atoms with van der Waals surface area (Å²) in [5.41, 5.74) is 5.98. The Morgan fingerprint density at radius 1 is 0.920 bits per heavy atom. The maximum Gasteiger partial charge on any atom is 0.223 e. The third kappa shape index (κ3) is 2.45. The highest BCUT2D eigenvalue weighted by Gasteiger charge is 2.19. The first-order chi connectivity index (χ1) is 12.1. The Morgan fingerprint density at radius 2 is 1.60 bits per heavy atom. The second kappa shape index (κ2) is 6.56. The van der Waals surface area contributed by atoms with Gasteiger partial charge in [0.05, 0.1) is 0 Å². The molecule has 0 N–H and O–H groups in total. The molecule has 0 amide bonds. The van der Waals surface area contributed by atoms with Crippen LogP contribution in [0.15, 0.2) is 56.2 Å². The van der Waals surface area contributed by atoms with Crippen LogP contribution < -0.4 is 10.6 Å². The number of allylic oxidation sites excluding steroid dienone is 2. The highest BCUT2D eigenvalue weighted by molar-refractivity contribution is 6.17. The highest BCUT2D eigenvalue weighted by Crippen LogP contribution is 2.34. The average Bonchev–Trinajstić information content (AvgIpc) is 3.02. The van der Waals surface area contributed by atoms with Gasteiger partial charge in [0.15, 0.2) is 0 Å². The van der Waals surface area contributed by atoms with Gasteiger partial charge in [0.1, 0.15) is 0 Å². The highest BCUT2D eigenvalue weighted by atomic mass is 14.9. The molecule has 0 spiro atoms. The SMILES string of the molecule is Bn1c(C)c(-c2c(C=C)n(B)c3ccccc23)c(=C/C=C)/c1=C\C=C. The zero-order chi connectivity index (χ0) is 18.1. The molecule has 2 nitrogen and oxygen atoms in total. The Hall–Kier alpha value is -2.87. The van der Waals surface area contributed by atoms with Crippen molar-refractivity contribution in [3.05, 3.63) is 78.1 Å². The van der Waals surface area contributed by atoms with Gasteiger partial charge in [0, 0.05) is 44.0 Å². The van der Waals surface area contributed by atoms with E-state index in [2.05, 4.69) is 81.9 Å². The van der Waals surface area contributed by atoms with E-state index >= 15 is 0 Å². The van der Waals surface area contributed by atoms with E-state index in [4.69, 9.17) is 0 Å². The van der Waals surface area contributed by atoms with Crippen LogP contribution in [-0.2, 0) is 0 Å². The molecule has 1 aromatic carbocycles. The van der Waals surface area contributed by atoms with Crippen molar-refractivity contribution in [2.24, 2.45) is 0 Å². The van der Waals surface area contributed by atoms with E-state index in [0.29, 0.717) is 0 Å². The first kappa shape index (κ1) is 17.0. The van der Waals surface area contributed by atoms with E-state index in [0.717, 1.165) is 16.3 Å². The number of benzene rings is 1. The fourth-order valence-corrected chi connectivity index (χ4v) is 3.68. The quantitative estimate of drug-likeness (QED) is 0.648. The molecule has 3 aromatic rings. The number of hydrogen-bond acceptors (Lipinski definition) is 0. The normalized spacial score (nSPS) is 12.7. The number of rotatable bonds is 4. The number of nitrogens with zero attached hydrogens (tertiary/aromatic N) is 2. The van der Waals surface area contributed by atoms with Crippen molar-refractivity contribution in [1.82, 2.24) is 8.96 Å². The van der Waals surface area contributed by atoms with E-state index in [1.807, 2.05) is 24.3 Å². The second-order valence-electron chi connectivity index (χ2n) is 6.16. The lowest BCUT2D eigenvalue weighted by Gasteiger charge is -2.05. The van der Waals surface area contributed by atoms with Gasteiger partial charge in [-0.1, -0.05) is 56.2 Å².